The fourth-order valence-corrected chi connectivity index (χ4v) is 1.33. The first-order valence-electron chi connectivity index (χ1n) is 5.28. The number of carbonyl (C=O) groups is 1. The number of nitrogens with two attached hydrogens (primary N) is 1. The summed E-state index contributed by atoms with van der Waals surface area (Å²) in [5, 5.41) is 2.81. The lowest BCUT2D eigenvalue weighted by atomic mass is 10.2. The second-order valence-corrected chi connectivity index (χ2v) is 3.54. The van der Waals surface area contributed by atoms with Gasteiger partial charge < -0.3 is 15.5 Å². The molecule has 0 aromatic carbocycles. The minimum atomic E-state index is -0.134. The Labute approximate surface area is 89.8 Å². The van der Waals surface area contributed by atoms with Crippen molar-refractivity contribution in [3.8, 4) is 0 Å². The number of carbonyl (C=O) groups excluding carboxylic acids is 1. The van der Waals surface area contributed by atoms with Crippen LogP contribution in [0.15, 0.2) is 16.7 Å². The summed E-state index contributed by atoms with van der Waals surface area (Å²) in [5.41, 5.74) is 6.24. The summed E-state index contributed by atoms with van der Waals surface area (Å²) in [7, 11) is 0. The van der Waals surface area contributed by atoms with E-state index in [1.165, 1.54) is 6.26 Å². The number of amides is 1. The maximum atomic E-state index is 11.5. The average Bonchev–Trinajstić information content (AvgIpc) is 2.64. The Kier molecular flexibility index (Phi) is 4.90. The van der Waals surface area contributed by atoms with Gasteiger partial charge >= 0.3 is 0 Å². The van der Waals surface area contributed by atoms with E-state index in [1.807, 2.05) is 6.92 Å². The smallest absolute Gasteiger partial charge is 0.287 e. The first kappa shape index (κ1) is 11.8. The molecule has 1 aromatic heterocycles. The summed E-state index contributed by atoms with van der Waals surface area (Å²) in [5.74, 6) is 0.277. The molecule has 4 nitrogen and oxygen atoms in total. The third-order valence-electron chi connectivity index (χ3n) is 2.23. The van der Waals surface area contributed by atoms with E-state index in [0.29, 0.717) is 18.8 Å². The molecule has 15 heavy (non-hydrogen) atoms. The van der Waals surface area contributed by atoms with E-state index in [4.69, 9.17) is 10.2 Å². The molecule has 0 aliphatic heterocycles. The topological polar surface area (TPSA) is 68.3 Å². The van der Waals surface area contributed by atoms with Crippen LogP contribution in [-0.2, 0) is 0 Å². The molecule has 0 aliphatic rings. The van der Waals surface area contributed by atoms with Gasteiger partial charge in [-0.2, -0.15) is 0 Å². The monoisotopic (exact) mass is 210 g/mol. The molecule has 4 heteroatoms. The molecule has 3 N–H and O–H groups in total. The van der Waals surface area contributed by atoms with Gasteiger partial charge in [-0.15, -0.1) is 0 Å². The molecule has 1 rings (SSSR count). The van der Waals surface area contributed by atoms with Gasteiger partial charge in [0.2, 0.25) is 0 Å². The van der Waals surface area contributed by atoms with Crippen LogP contribution in [0.5, 0.6) is 0 Å². The van der Waals surface area contributed by atoms with Crippen molar-refractivity contribution < 1.29 is 9.21 Å². The lowest BCUT2D eigenvalue weighted by Crippen LogP contribution is -2.24. The Balaban J connectivity index is 2.22. The van der Waals surface area contributed by atoms with Gasteiger partial charge in [0, 0.05) is 12.1 Å². The van der Waals surface area contributed by atoms with Gasteiger partial charge in [-0.05, 0) is 32.4 Å². The van der Waals surface area contributed by atoms with Crippen molar-refractivity contribution in [2.75, 3.05) is 13.1 Å². The molecule has 1 heterocycles. The quantitative estimate of drug-likeness (QED) is 0.698. The molecule has 1 amide bonds. The van der Waals surface area contributed by atoms with Gasteiger partial charge in [-0.25, -0.2) is 0 Å². The van der Waals surface area contributed by atoms with Crippen molar-refractivity contribution in [3.05, 3.63) is 23.7 Å². The Bertz CT molecular complexity index is 307. The van der Waals surface area contributed by atoms with Gasteiger partial charge in [0.15, 0.2) is 5.76 Å². The lowest BCUT2D eigenvalue weighted by molar-refractivity contribution is 0.0924. The SMILES string of the molecule is Cc1ccoc1C(=O)NCCCCCN. The van der Waals surface area contributed by atoms with Crippen LogP contribution < -0.4 is 11.1 Å². The second-order valence-electron chi connectivity index (χ2n) is 3.54. The first-order valence-corrected chi connectivity index (χ1v) is 5.28. The zero-order chi connectivity index (χ0) is 11.1. The van der Waals surface area contributed by atoms with Crippen LogP contribution >= 0.6 is 0 Å². The van der Waals surface area contributed by atoms with Gasteiger partial charge in [0.05, 0.1) is 6.26 Å². The van der Waals surface area contributed by atoms with Crippen molar-refractivity contribution in [2.24, 2.45) is 5.73 Å². The number of hydrogen-bond donors (Lipinski definition) is 2. The van der Waals surface area contributed by atoms with Crippen LogP contribution in [0.1, 0.15) is 35.4 Å². The predicted molar refractivity (Wildman–Crippen MR) is 58.7 cm³/mol. The highest BCUT2D eigenvalue weighted by Crippen LogP contribution is 2.07. The van der Waals surface area contributed by atoms with Gasteiger partial charge in [0.25, 0.3) is 5.91 Å². The van der Waals surface area contributed by atoms with Crippen molar-refractivity contribution in [1.82, 2.24) is 5.32 Å². The van der Waals surface area contributed by atoms with Gasteiger partial charge in [-0.3, -0.25) is 4.79 Å². The molecule has 84 valence electrons. The van der Waals surface area contributed by atoms with Crippen molar-refractivity contribution in [3.63, 3.8) is 0 Å². The Morgan fingerprint density at radius 2 is 2.27 bits per heavy atom. The molecule has 0 fully saturated rings. The summed E-state index contributed by atoms with van der Waals surface area (Å²) in [6, 6.07) is 1.78. The van der Waals surface area contributed by atoms with E-state index in [1.54, 1.807) is 6.07 Å². The van der Waals surface area contributed by atoms with Crippen LogP contribution in [0, 0.1) is 6.92 Å². The Morgan fingerprint density at radius 3 is 2.87 bits per heavy atom. The minimum Gasteiger partial charge on any atom is -0.459 e. The Hall–Kier alpha value is -1.29. The highest BCUT2D eigenvalue weighted by Gasteiger charge is 2.10. The van der Waals surface area contributed by atoms with Gasteiger partial charge in [0.1, 0.15) is 0 Å². The number of rotatable bonds is 6. The summed E-state index contributed by atoms with van der Waals surface area (Å²) in [6.45, 7) is 3.25. The third kappa shape index (κ3) is 3.75. The molecule has 0 saturated carbocycles. The first-order chi connectivity index (χ1) is 7.25. The number of hydrogen-bond acceptors (Lipinski definition) is 3. The number of unbranched alkanes of at least 4 members (excludes halogenated alkanes) is 2. The molecule has 1 aromatic rings. The average molecular weight is 210 g/mol. The van der Waals surface area contributed by atoms with Crippen molar-refractivity contribution >= 4 is 5.91 Å². The van der Waals surface area contributed by atoms with Crippen molar-refractivity contribution in [1.29, 1.82) is 0 Å². The highest BCUT2D eigenvalue weighted by atomic mass is 16.3. The molecule has 0 unspecified atom stereocenters. The van der Waals surface area contributed by atoms with Crippen LogP contribution in [0.2, 0.25) is 0 Å². The van der Waals surface area contributed by atoms with Crippen LogP contribution in [0.4, 0.5) is 0 Å². The largest absolute Gasteiger partial charge is 0.459 e. The van der Waals surface area contributed by atoms with E-state index in [-0.39, 0.29) is 5.91 Å². The van der Waals surface area contributed by atoms with E-state index in [9.17, 15) is 4.79 Å². The van der Waals surface area contributed by atoms with E-state index in [2.05, 4.69) is 5.32 Å². The van der Waals surface area contributed by atoms with Crippen LogP contribution in [-0.4, -0.2) is 19.0 Å². The number of aryl methyl sites for hydroxylation is 1. The van der Waals surface area contributed by atoms with Crippen molar-refractivity contribution in [2.45, 2.75) is 26.2 Å². The van der Waals surface area contributed by atoms with E-state index < -0.39 is 0 Å². The maximum Gasteiger partial charge on any atom is 0.287 e. The summed E-state index contributed by atoms with van der Waals surface area (Å²) in [4.78, 5) is 11.5. The minimum absolute atomic E-state index is 0.134. The summed E-state index contributed by atoms with van der Waals surface area (Å²) in [6.07, 6.45) is 4.55. The van der Waals surface area contributed by atoms with Gasteiger partial charge in [-0.1, -0.05) is 6.42 Å². The fourth-order valence-electron chi connectivity index (χ4n) is 1.33. The van der Waals surface area contributed by atoms with Crippen LogP contribution in [0.3, 0.4) is 0 Å². The normalized spacial score (nSPS) is 10.3. The maximum absolute atomic E-state index is 11.5. The zero-order valence-corrected chi connectivity index (χ0v) is 9.08. The number of furan rings is 1. The lowest BCUT2D eigenvalue weighted by Gasteiger charge is -2.03. The summed E-state index contributed by atoms with van der Waals surface area (Å²) >= 11 is 0. The standard InChI is InChI=1S/C11H18N2O2/c1-9-5-8-15-10(9)11(14)13-7-4-2-3-6-12/h5,8H,2-4,6-7,12H2,1H3,(H,13,14). The number of nitrogens with one attached hydrogen (secondary N) is 1. The zero-order valence-electron chi connectivity index (χ0n) is 9.08. The molecule has 0 radical (unpaired) electrons. The molecule has 0 spiro atoms. The third-order valence-corrected chi connectivity index (χ3v) is 2.23. The molecular formula is C11H18N2O2. The van der Waals surface area contributed by atoms with E-state index >= 15 is 0 Å². The summed E-state index contributed by atoms with van der Waals surface area (Å²) < 4.78 is 5.07. The molecule has 0 atom stereocenters. The molecule has 0 aliphatic carbocycles. The molecule has 0 bridgehead atoms. The molecular weight excluding hydrogens is 192 g/mol. The van der Waals surface area contributed by atoms with E-state index in [0.717, 1.165) is 24.8 Å². The predicted octanol–water partition coefficient (Wildman–Crippen LogP) is 1.45. The van der Waals surface area contributed by atoms with Crippen LogP contribution in [0.25, 0.3) is 0 Å². The molecule has 0 saturated heterocycles. The highest BCUT2D eigenvalue weighted by molar-refractivity contribution is 5.92. The second kappa shape index (κ2) is 6.24. The Morgan fingerprint density at radius 1 is 1.47 bits per heavy atom. The fraction of sp³-hybridized carbons (Fsp3) is 0.545.